The summed E-state index contributed by atoms with van der Waals surface area (Å²) in [6, 6.07) is 20.5. The van der Waals surface area contributed by atoms with Crippen LogP contribution < -0.4 is 15.4 Å². The van der Waals surface area contributed by atoms with Gasteiger partial charge in [-0.25, -0.2) is 0 Å². The van der Waals surface area contributed by atoms with Crippen molar-refractivity contribution in [2.24, 2.45) is 0 Å². The molecule has 0 aliphatic rings. The van der Waals surface area contributed by atoms with Crippen molar-refractivity contribution in [3.8, 4) is 5.75 Å². The molecule has 0 aliphatic heterocycles. The Morgan fingerprint density at radius 3 is 2.46 bits per heavy atom. The number of para-hydroxylation sites is 2. The number of anilines is 2. The number of nitrogens with zero attached hydrogens (tertiary/aromatic N) is 2. The molecule has 0 bridgehead atoms. The van der Waals surface area contributed by atoms with E-state index in [-0.39, 0.29) is 11.6 Å². The van der Waals surface area contributed by atoms with Crippen LogP contribution in [0.2, 0.25) is 0 Å². The van der Waals surface area contributed by atoms with Gasteiger partial charge in [-0.05, 0) is 42.3 Å². The highest BCUT2D eigenvalue weighted by molar-refractivity contribution is 6.02. The second kappa shape index (κ2) is 8.62. The van der Waals surface area contributed by atoms with E-state index in [1.165, 1.54) is 0 Å². The minimum atomic E-state index is -0.288. The van der Waals surface area contributed by atoms with E-state index < -0.39 is 0 Å². The van der Waals surface area contributed by atoms with Gasteiger partial charge >= 0.3 is 0 Å². The van der Waals surface area contributed by atoms with Crippen LogP contribution in [0, 0.1) is 0 Å². The Kier molecular flexibility index (Phi) is 5.77. The Morgan fingerprint density at radius 1 is 0.962 bits per heavy atom. The number of rotatable bonds is 7. The number of methoxy groups -OCH3 is 1. The number of carbonyl (C=O) groups is 1. The average molecular weight is 348 g/mol. The first kappa shape index (κ1) is 17.4. The Morgan fingerprint density at radius 2 is 1.73 bits per heavy atom. The fourth-order valence-corrected chi connectivity index (χ4v) is 2.50. The molecule has 1 aromatic heterocycles. The van der Waals surface area contributed by atoms with Gasteiger partial charge in [-0.1, -0.05) is 36.4 Å². The topological polar surface area (TPSA) is 76.1 Å². The van der Waals surface area contributed by atoms with Crippen molar-refractivity contribution in [2.45, 2.75) is 6.42 Å². The van der Waals surface area contributed by atoms with Gasteiger partial charge < -0.3 is 15.4 Å². The number of nitrogens with one attached hydrogen (secondary N) is 2. The van der Waals surface area contributed by atoms with Crippen molar-refractivity contribution in [3.05, 3.63) is 78.0 Å². The van der Waals surface area contributed by atoms with E-state index in [1.54, 1.807) is 19.2 Å². The molecule has 3 aromatic rings. The van der Waals surface area contributed by atoms with Crippen LogP contribution in [0.3, 0.4) is 0 Å². The number of benzene rings is 2. The van der Waals surface area contributed by atoms with Gasteiger partial charge in [-0.15, -0.1) is 10.2 Å². The molecule has 1 amide bonds. The second-order valence-corrected chi connectivity index (χ2v) is 5.61. The molecule has 0 saturated carbocycles. The number of carbonyl (C=O) groups excluding carboxylic acids is 1. The molecule has 6 heteroatoms. The SMILES string of the molecule is COc1ccccc1CCNc1ccc(C(=O)Nc2ccccc2)nn1. The molecule has 0 aliphatic carbocycles. The monoisotopic (exact) mass is 348 g/mol. The van der Waals surface area contributed by atoms with Crippen molar-refractivity contribution in [2.75, 3.05) is 24.3 Å². The van der Waals surface area contributed by atoms with Gasteiger partial charge in [0.2, 0.25) is 0 Å². The van der Waals surface area contributed by atoms with Crippen molar-refractivity contribution < 1.29 is 9.53 Å². The Bertz CT molecular complexity index is 851. The maximum Gasteiger partial charge on any atom is 0.276 e. The Balaban J connectivity index is 1.53. The Labute approximate surface area is 152 Å². The fourth-order valence-electron chi connectivity index (χ4n) is 2.50. The zero-order valence-corrected chi connectivity index (χ0v) is 14.5. The van der Waals surface area contributed by atoms with Crippen molar-refractivity contribution >= 4 is 17.4 Å². The van der Waals surface area contributed by atoms with E-state index in [1.807, 2.05) is 54.6 Å². The zero-order valence-electron chi connectivity index (χ0n) is 14.5. The summed E-state index contributed by atoms with van der Waals surface area (Å²) in [5.74, 6) is 1.20. The summed E-state index contributed by atoms with van der Waals surface area (Å²) in [5, 5.41) is 14.0. The summed E-state index contributed by atoms with van der Waals surface area (Å²) in [6.45, 7) is 0.685. The molecule has 3 rings (SSSR count). The van der Waals surface area contributed by atoms with E-state index in [4.69, 9.17) is 4.74 Å². The largest absolute Gasteiger partial charge is 0.496 e. The lowest BCUT2D eigenvalue weighted by Crippen LogP contribution is -2.15. The highest BCUT2D eigenvalue weighted by Gasteiger charge is 2.08. The summed E-state index contributed by atoms with van der Waals surface area (Å²) >= 11 is 0. The van der Waals surface area contributed by atoms with Crippen LogP contribution in [0.4, 0.5) is 11.5 Å². The summed E-state index contributed by atoms with van der Waals surface area (Å²) in [4.78, 5) is 12.1. The van der Waals surface area contributed by atoms with Crippen LogP contribution in [-0.2, 0) is 6.42 Å². The van der Waals surface area contributed by atoms with Crippen LogP contribution >= 0.6 is 0 Å². The summed E-state index contributed by atoms with van der Waals surface area (Å²) in [6.07, 6.45) is 0.794. The lowest BCUT2D eigenvalue weighted by atomic mass is 10.1. The highest BCUT2D eigenvalue weighted by atomic mass is 16.5. The molecule has 0 unspecified atom stereocenters. The predicted molar refractivity (Wildman–Crippen MR) is 102 cm³/mol. The number of amides is 1. The second-order valence-electron chi connectivity index (χ2n) is 5.61. The van der Waals surface area contributed by atoms with Crippen LogP contribution in [0.5, 0.6) is 5.75 Å². The maximum absolute atomic E-state index is 12.1. The van der Waals surface area contributed by atoms with Gasteiger partial charge in [0.25, 0.3) is 5.91 Å². The number of ether oxygens (including phenoxy) is 1. The molecule has 0 fully saturated rings. The third-order valence-electron chi connectivity index (χ3n) is 3.82. The molecular formula is C20H20N4O2. The van der Waals surface area contributed by atoms with Gasteiger partial charge in [0.1, 0.15) is 11.6 Å². The lowest BCUT2D eigenvalue weighted by Gasteiger charge is -2.09. The van der Waals surface area contributed by atoms with E-state index in [0.717, 1.165) is 23.4 Å². The first-order valence-corrected chi connectivity index (χ1v) is 8.32. The molecule has 1 heterocycles. The quantitative estimate of drug-likeness (QED) is 0.684. The number of hydrogen-bond acceptors (Lipinski definition) is 5. The van der Waals surface area contributed by atoms with E-state index >= 15 is 0 Å². The summed E-state index contributed by atoms with van der Waals surface area (Å²) < 4.78 is 5.34. The van der Waals surface area contributed by atoms with E-state index in [9.17, 15) is 4.79 Å². The minimum Gasteiger partial charge on any atom is -0.496 e. The predicted octanol–water partition coefficient (Wildman–Crippen LogP) is 3.39. The molecule has 0 saturated heterocycles. The van der Waals surface area contributed by atoms with Crippen LogP contribution in [0.25, 0.3) is 0 Å². The van der Waals surface area contributed by atoms with Gasteiger partial charge in [-0.2, -0.15) is 0 Å². The highest BCUT2D eigenvalue weighted by Crippen LogP contribution is 2.17. The molecular weight excluding hydrogens is 328 g/mol. The normalized spacial score (nSPS) is 10.2. The van der Waals surface area contributed by atoms with Crippen LogP contribution in [0.15, 0.2) is 66.7 Å². The molecule has 2 aromatic carbocycles. The van der Waals surface area contributed by atoms with Gasteiger partial charge in [0.05, 0.1) is 7.11 Å². The molecule has 6 nitrogen and oxygen atoms in total. The minimum absolute atomic E-state index is 0.268. The van der Waals surface area contributed by atoms with Crippen molar-refractivity contribution in [3.63, 3.8) is 0 Å². The third kappa shape index (κ3) is 4.57. The van der Waals surface area contributed by atoms with Gasteiger partial charge in [-0.3, -0.25) is 4.79 Å². The maximum atomic E-state index is 12.1. The van der Waals surface area contributed by atoms with Crippen LogP contribution in [-0.4, -0.2) is 29.8 Å². The first-order valence-electron chi connectivity index (χ1n) is 8.32. The molecule has 0 radical (unpaired) electrons. The lowest BCUT2D eigenvalue weighted by molar-refractivity contribution is 0.102. The Hall–Kier alpha value is -3.41. The fraction of sp³-hybridized carbons (Fsp3) is 0.150. The standard InChI is InChI=1S/C20H20N4O2/c1-26-18-10-6-5-7-15(18)13-14-21-19-12-11-17(23-24-19)20(25)22-16-8-3-2-4-9-16/h2-12H,13-14H2,1H3,(H,21,24)(H,22,25). The molecule has 26 heavy (non-hydrogen) atoms. The molecule has 0 atom stereocenters. The average Bonchev–Trinajstić information content (AvgIpc) is 2.69. The van der Waals surface area contributed by atoms with Crippen molar-refractivity contribution in [1.29, 1.82) is 0 Å². The number of aromatic nitrogens is 2. The third-order valence-corrected chi connectivity index (χ3v) is 3.82. The smallest absolute Gasteiger partial charge is 0.276 e. The van der Waals surface area contributed by atoms with Crippen molar-refractivity contribution in [1.82, 2.24) is 10.2 Å². The van der Waals surface area contributed by atoms with E-state index in [2.05, 4.69) is 20.8 Å². The van der Waals surface area contributed by atoms with Gasteiger partial charge in [0.15, 0.2) is 5.69 Å². The zero-order chi connectivity index (χ0) is 18.2. The molecule has 2 N–H and O–H groups in total. The first-order chi connectivity index (χ1) is 12.8. The van der Waals surface area contributed by atoms with Crippen LogP contribution in [0.1, 0.15) is 16.1 Å². The summed E-state index contributed by atoms with van der Waals surface area (Å²) in [5.41, 5.74) is 2.11. The van der Waals surface area contributed by atoms with E-state index in [0.29, 0.717) is 12.4 Å². The van der Waals surface area contributed by atoms with Gasteiger partial charge in [0, 0.05) is 12.2 Å². The summed E-state index contributed by atoms with van der Waals surface area (Å²) in [7, 11) is 1.66. The molecule has 132 valence electrons. The molecule has 0 spiro atoms. The number of hydrogen-bond donors (Lipinski definition) is 2.